The molecule has 9 nitrogen and oxygen atoms in total. The van der Waals surface area contributed by atoms with Gasteiger partial charge in [-0.15, -0.1) is 0 Å². The highest BCUT2D eigenvalue weighted by Gasteiger charge is 2.14. The average molecular weight is 895 g/mol. The van der Waals surface area contributed by atoms with Crippen LogP contribution in [0.3, 0.4) is 0 Å². The Labute approximate surface area is 393 Å². The third kappa shape index (κ3) is 11.0. The maximum absolute atomic E-state index is 13.3. The van der Waals surface area contributed by atoms with Gasteiger partial charge in [-0.2, -0.15) is 0 Å². The van der Waals surface area contributed by atoms with Crippen molar-refractivity contribution in [1.82, 2.24) is 0 Å². The first-order valence-electron chi connectivity index (χ1n) is 21.7. The molecule has 332 valence electrons. The van der Waals surface area contributed by atoms with E-state index < -0.39 is 0 Å². The highest BCUT2D eigenvalue weighted by molar-refractivity contribution is 6.10. The number of methoxy groups -OCH3 is 1. The third-order valence-electron chi connectivity index (χ3n) is 10.8. The first-order chi connectivity index (χ1) is 33.2. The Hall–Kier alpha value is -9.21. The lowest BCUT2D eigenvalue weighted by Gasteiger charge is -2.10. The van der Waals surface area contributed by atoms with Gasteiger partial charge in [0.15, 0.2) is 17.3 Å². The molecule has 0 amide bonds. The molecule has 0 fully saturated rings. The van der Waals surface area contributed by atoms with Gasteiger partial charge < -0.3 is 28.4 Å². The number of hydrogen-bond donors (Lipinski definition) is 0. The SMILES string of the molecule is COc1ccc(Oc2ccc(C(=O)c3ccc(Oc4ccc(Oc5ccc(C(=O)c6ccc(Oc7ccc(Oc8ccc(C(=O)c9ccc(C)cc9)cc8)cc7)cc6)cc5)cc4)cc3)cc2)cc1. The van der Waals surface area contributed by atoms with Crippen LogP contribution >= 0.6 is 0 Å². The summed E-state index contributed by atoms with van der Waals surface area (Å²) in [7, 11) is 1.61. The van der Waals surface area contributed by atoms with E-state index in [0.717, 1.165) is 11.3 Å². The van der Waals surface area contributed by atoms with Crippen LogP contribution in [0, 0.1) is 6.92 Å². The van der Waals surface area contributed by atoms with E-state index >= 15 is 0 Å². The van der Waals surface area contributed by atoms with Crippen LogP contribution in [0.4, 0.5) is 0 Å². The predicted molar refractivity (Wildman–Crippen MR) is 260 cm³/mol. The van der Waals surface area contributed by atoms with Crippen molar-refractivity contribution >= 4 is 17.3 Å². The van der Waals surface area contributed by atoms with Crippen LogP contribution in [0.1, 0.15) is 53.3 Å². The van der Waals surface area contributed by atoms with Crippen LogP contribution < -0.4 is 28.4 Å². The van der Waals surface area contributed by atoms with E-state index in [9.17, 15) is 14.4 Å². The third-order valence-corrected chi connectivity index (χ3v) is 10.8. The molecule has 0 aliphatic carbocycles. The van der Waals surface area contributed by atoms with Crippen molar-refractivity contribution in [2.75, 3.05) is 7.11 Å². The number of hydrogen-bond acceptors (Lipinski definition) is 9. The summed E-state index contributed by atoms with van der Waals surface area (Å²) in [6.07, 6.45) is 0. The highest BCUT2D eigenvalue weighted by atomic mass is 16.5. The molecule has 0 atom stereocenters. The lowest BCUT2D eigenvalue weighted by atomic mass is 10.0. The molecule has 0 unspecified atom stereocenters. The van der Waals surface area contributed by atoms with Gasteiger partial charge in [0.25, 0.3) is 0 Å². The largest absolute Gasteiger partial charge is 0.497 e. The number of rotatable bonds is 17. The quantitative estimate of drug-likeness (QED) is 0.0826. The summed E-state index contributed by atoms with van der Waals surface area (Å²) in [5.41, 5.74) is 4.42. The normalized spacial score (nSPS) is 10.7. The van der Waals surface area contributed by atoms with Gasteiger partial charge in [0.05, 0.1) is 7.11 Å². The second kappa shape index (κ2) is 20.3. The fourth-order valence-corrected chi connectivity index (χ4v) is 7.05. The molecule has 9 aromatic carbocycles. The molecule has 0 spiro atoms. The van der Waals surface area contributed by atoms with Crippen molar-refractivity contribution in [3.05, 3.63) is 257 Å². The fraction of sp³-hybridized carbons (Fsp3) is 0.0339. The Morgan fingerprint density at radius 2 is 0.382 bits per heavy atom. The van der Waals surface area contributed by atoms with Crippen molar-refractivity contribution in [3.63, 3.8) is 0 Å². The van der Waals surface area contributed by atoms with Gasteiger partial charge >= 0.3 is 0 Å². The molecule has 0 bridgehead atoms. The molecule has 9 aromatic rings. The van der Waals surface area contributed by atoms with Gasteiger partial charge in [0.1, 0.15) is 63.2 Å². The van der Waals surface area contributed by atoms with Gasteiger partial charge in [-0.25, -0.2) is 0 Å². The van der Waals surface area contributed by atoms with Crippen LogP contribution in [0.15, 0.2) is 218 Å². The predicted octanol–water partition coefficient (Wildman–Crippen LogP) is 14.7. The average Bonchev–Trinajstić information content (AvgIpc) is 3.38. The first kappa shape index (κ1) is 44.0. The fourth-order valence-electron chi connectivity index (χ4n) is 7.05. The maximum atomic E-state index is 13.3. The van der Waals surface area contributed by atoms with E-state index in [2.05, 4.69) is 0 Å². The summed E-state index contributed by atoms with van der Waals surface area (Å²) in [5.74, 6) is 6.45. The van der Waals surface area contributed by atoms with Crippen LogP contribution in [0.25, 0.3) is 0 Å². The first-order valence-corrected chi connectivity index (χ1v) is 21.7. The Morgan fingerprint density at radius 3 is 0.559 bits per heavy atom. The zero-order chi connectivity index (χ0) is 46.8. The number of benzene rings is 9. The molecule has 0 radical (unpaired) electrons. The molecule has 0 aliphatic rings. The smallest absolute Gasteiger partial charge is 0.193 e. The molecular formula is C59H42O9. The number of ketones is 3. The lowest BCUT2D eigenvalue weighted by molar-refractivity contribution is 0.103. The summed E-state index contributed by atoms with van der Waals surface area (Å²) in [6, 6.07) is 64.1. The topological polar surface area (TPSA) is 107 Å². The zero-order valence-corrected chi connectivity index (χ0v) is 37.0. The van der Waals surface area contributed by atoms with E-state index in [1.54, 1.807) is 177 Å². The van der Waals surface area contributed by atoms with Crippen LogP contribution in [-0.4, -0.2) is 24.5 Å². The van der Waals surface area contributed by atoms with E-state index in [4.69, 9.17) is 28.4 Å². The maximum Gasteiger partial charge on any atom is 0.193 e. The van der Waals surface area contributed by atoms with E-state index in [-0.39, 0.29) is 17.3 Å². The molecular weight excluding hydrogens is 853 g/mol. The van der Waals surface area contributed by atoms with E-state index in [1.807, 2.05) is 55.5 Å². The summed E-state index contributed by atoms with van der Waals surface area (Å²) in [4.78, 5) is 39.3. The van der Waals surface area contributed by atoms with Crippen molar-refractivity contribution in [2.24, 2.45) is 0 Å². The van der Waals surface area contributed by atoms with Crippen molar-refractivity contribution in [1.29, 1.82) is 0 Å². The molecule has 9 heteroatoms. The van der Waals surface area contributed by atoms with E-state index in [1.165, 1.54) is 0 Å². The Bertz CT molecular complexity index is 3150. The van der Waals surface area contributed by atoms with Crippen LogP contribution in [-0.2, 0) is 0 Å². The van der Waals surface area contributed by atoms with Crippen LogP contribution in [0.2, 0.25) is 0 Å². The second-order valence-electron chi connectivity index (χ2n) is 15.6. The number of ether oxygens (including phenoxy) is 6. The summed E-state index contributed by atoms with van der Waals surface area (Å²) in [5, 5.41) is 0. The van der Waals surface area contributed by atoms with Crippen molar-refractivity contribution < 1.29 is 42.8 Å². The monoisotopic (exact) mass is 894 g/mol. The number of carbonyl (C=O) groups excluding carboxylic acids is 3. The molecule has 0 saturated carbocycles. The molecule has 0 aromatic heterocycles. The molecule has 9 rings (SSSR count). The molecule has 68 heavy (non-hydrogen) atoms. The van der Waals surface area contributed by atoms with E-state index in [0.29, 0.717) is 90.9 Å². The van der Waals surface area contributed by atoms with Gasteiger partial charge in [0.2, 0.25) is 0 Å². The minimum Gasteiger partial charge on any atom is -0.497 e. The Balaban J connectivity index is 0.722. The minimum atomic E-state index is -0.138. The Morgan fingerprint density at radius 1 is 0.235 bits per heavy atom. The second-order valence-corrected chi connectivity index (χ2v) is 15.6. The van der Waals surface area contributed by atoms with Gasteiger partial charge in [-0.3, -0.25) is 14.4 Å². The van der Waals surface area contributed by atoms with Crippen molar-refractivity contribution in [3.8, 4) is 63.2 Å². The molecule has 0 saturated heterocycles. The van der Waals surface area contributed by atoms with Crippen molar-refractivity contribution in [2.45, 2.75) is 6.92 Å². The lowest BCUT2D eigenvalue weighted by Crippen LogP contribution is -2.01. The number of aryl methyl sites for hydroxylation is 1. The number of carbonyl (C=O) groups is 3. The zero-order valence-electron chi connectivity index (χ0n) is 37.0. The molecule has 0 N–H and O–H groups in total. The summed E-state index contributed by atoms with van der Waals surface area (Å²) in [6.45, 7) is 1.99. The summed E-state index contributed by atoms with van der Waals surface area (Å²) < 4.78 is 35.1. The molecule has 0 aliphatic heterocycles. The van der Waals surface area contributed by atoms with Gasteiger partial charge in [0, 0.05) is 33.4 Å². The summed E-state index contributed by atoms with van der Waals surface area (Å²) >= 11 is 0. The van der Waals surface area contributed by atoms with Gasteiger partial charge in [-0.05, 0) is 201 Å². The highest BCUT2D eigenvalue weighted by Crippen LogP contribution is 2.31. The Kier molecular flexibility index (Phi) is 13.1. The van der Waals surface area contributed by atoms with Gasteiger partial charge in [-0.1, -0.05) is 29.8 Å². The minimum absolute atomic E-state index is 0.0428. The van der Waals surface area contributed by atoms with Crippen LogP contribution in [0.5, 0.6) is 63.2 Å². The molecule has 0 heterocycles. The standard InChI is InChI=1S/C59H42O9/c1-39-3-5-40(6-4-39)57(60)41-7-17-48(18-8-41)65-53-31-33-54(34-32-53)66-50-23-13-44(14-24-50)59(62)45-15-25-51(26-16-45)68-56-37-35-55(36-38-56)67-49-21-11-43(12-22-49)58(61)42-9-19-47(20-10-42)64-52-29-27-46(63-2)28-30-52/h3-38H,1-2H3.